The molecule has 3 aliphatic rings. The Bertz CT molecular complexity index is 354. The van der Waals surface area contributed by atoms with Gasteiger partial charge in [0.15, 0.2) is 5.96 Å². The molecule has 3 fully saturated rings. The third kappa shape index (κ3) is 2.59. The molecular formula is C14H25N3OS. The van der Waals surface area contributed by atoms with Gasteiger partial charge in [0.05, 0.1) is 13.2 Å². The fourth-order valence-corrected chi connectivity index (χ4v) is 4.89. The van der Waals surface area contributed by atoms with Crippen molar-refractivity contribution < 1.29 is 5.11 Å². The first-order chi connectivity index (χ1) is 9.17. The monoisotopic (exact) mass is 283 g/mol. The van der Waals surface area contributed by atoms with Crippen molar-refractivity contribution >= 4 is 17.7 Å². The number of rotatable bonds is 3. The van der Waals surface area contributed by atoms with Crippen LogP contribution in [0.25, 0.3) is 0 Å². The van der Waals surface area contributed by atoms with Crippen molar-refractivity contribution in [3.05, 3.63) is 0 Å². The van der Waals surface area contributed by atoms with Gasteiger partial charge in [0.25, 0.3) is 0 Å². The van der Waals surface area contributed by atoms with E-state index >= 15 is 0 Å². The van der Waals surface area contributed by atoms with Crippen molar-refractivity contribution in [3.8, 4) is 0 Å². The molecule has 0 unspecified atom stereocenters. The Morgan fingerprint density at radius 2 is 1.95 bits per heavy atom. The van der Waals surface area contributed by atoms with Crippen molar-refractivity contribution in [2.75, 3.05) is 37.7 Å². The van der Waals surface area contributed by atoms with Gasteiger partial charge < -0.3 is 15.7 Å². The van der Waals surface area contributed by atoms with Crippen LogP contribution in [0.4, 0.5) is 0 Å². The average molecular weight is 283 g/mol. The molecule has 3 rings (SSSR count). The summed E-state index contributed by atoms with van der Waals surface area (Å²) in [6.07, 6.45) is 6.40. The maximum atomic E-state index is 9.68. The van der Waals surface area contributed by atoms with Crippen LogP contribution in [0.15, 0.2) is 4.99 Å². The second-order valence-corrected chi connectivity index (χ2v) is 7.86. The van der Waals surface area contributed by atoms with Crippen molar-refractivity contribution in [1.82, 2.24) is 4.90 Å². The average Bonchev–Trinajstić information content (AvgIpc) is 2.37. The van der Waals surface area contributed by atoms with Crippen molar-refractivity contribution in [2.24, 2.45) is 21.6 Å². The summed E-state index contributed by atoms with van der Waals surface area (Å²) in [6.45, 7) is 2.99. The minimum atomic E-state index is 0.0373. The molecule has 0 atom stereocenters. The predicted molar refractivity (Wildman–Crippen MR) is 80.4 cm³/mol. The molecule has 0 bridgehead atoms. The summed E-state index contributed by atoms with van der Waals surface area (Å²) in [4.78, 5) is 6.77. The fraction of sp³-hybridized carbons (Fsp3) is 0.929. The highest BCUT2D eigenvalue weighted by Gasteiger charge is 2.56. The largest absolute Gasteiger partial charge is 0.396 e. The van der Waals surface area contributed by atoms with Crippen LogP contribution in [0.5, 0.6) is 0 Å². The summed E-state index contributed by atoms with van der Waals surface area (Å²) in [5, 5.41) is 9.68. The van der Waals surface area contributed by atoms with E-state index in [0.29, 0.717) is 17.9 Å². The zero-order chi connectivity index (χ0) is 13.3. The highest BCUT2D eigenvalue weighted by molar-refractivity contribution is 7.99. The molecule has 0 aromatic heterocycles. The SMILES string of the molecule is NC(=NCC1(CO)CC2(CCC2)C1)N1CCSCC1. The molecule has 1 spiro atoms. The topological polar surface area (TPSA) is 61.9 Å². The molecule has 0 radical (unpaired) electrons. The quantitative estimate of drug-likeness (QED) is 0.605. The first-order valence-corrected chi connectivity index (χ1v) is 8.56. The Morgan fingerprint density at radius 1 is 1.26 bits per heavy atom. The number of thioether (sulfide) groups is 1. The molecule has 0 amide bonds. The number of aliphatic hydroxyl groups is 1. The number of nitrogens with zero attached hydrogens (tertiary/aromatic N) is 2. The Morgan fingerprint density at radius 3 is 2.47 bits per heavy atom. The van der Waals surface area contributed by atoms with Gasteiger partial charge in [-0.1, -0.05) is 6.42 Å². The molecule has 3 N–H and O–H groups in total. The smallest absolute Gasteiger partial charge is 0.191 e. The summed E-state index contributed by atoms with van der Waals surface area (Å²) in [7, 11) is 0. The number of aliphatic imine (C=N–C) groups is 1. The van der Waals surface area contributed by atoms with E-state index in [1.165, 1.54) is 19.3 Å². The van der Waals surface area contributed by atoms with Gasteiger partial charge in [0, 0.05) is 30.0 Å². The zero-order valence-electron chi connectivity index (χ0n) is 11.6. The summed E-state index contributed by atoms with van der Waals surface area (Å²) in [6, 6.07) is 0. The van der Waals surface area contributed by atoms with Gasteiger partial charge in [-0.15, -0.1) is 0 Å². The summed E-state index contributed by atoms with van der Waals surface area (Å²) >= 11 is 1.98. The van der Waals surface area contributed by atoms with Crippen LogP contribution in [0.1, 0.15) is 32.1 Å². The molecule has 2 aliphatic carbocycles. The van der Waals surface area contributed by atoms with Crippen LogP contribution >= 0.6 is 11.8 Å². The lowest BCUT2D eigenvalue weighted by atomic mass is 9.45. The van der Waals surface area contributed by atoms with Gasteiger partial charge >= 0.3 is 0 Å². The van der Waals surface area contributed by atoms with E-state index in [0.717, 1.165) is 37.4 Å². The number of nitrogens with two attached hydrogens (primary N) is 1. The van der Waals surface area contributed by atoms with Crippen molar-refractivity contribution in [3.63, 3.8) is 0 Å². The van der Waals surface area contributed by atoms with Crippen LogP contribution in [0.2, 0.25) is 0 Å². The first-order valence-electron chi connectivity index (χ1n) is 7.41. The Balaban J connectivity index is 1.54. The van der Waals surface area contributed by atoms with Crippen LogP contribution in [0.3, 0.4) is 0 Å². The Kier molecular flexibility index (Phi) is 3.69. The maximum Gasteiger partial charge on any atom is 0.191 e. The van der Waals surface area contributed by atoms with E-state index in [1.54, 1.807) is 0 Å². The van der Waals surface area contributed by atoms with E-state index in [2.05, 4.69) is 9.89 Å². The van der Waals surface area contributed by atoms with E-state index in [4.69, 9.17) is 5.73 Å². The molecule has 5 heteroatoms. The van der Waals surface area contributed by atoms with Crippen LogP contribution in [-0.4, -0.2) is 53.7 Å². The van der Waals surface area contributed by atoms with Gasteiger partial charge in [-0.25, -0.2) is 0 Å². The third-order valence-corrected chi connectivity index (χ3v) is 6.10. The predicted octanol–water partition coefficient (Wildman–Crippen LogP) is 1.29. The third-order valence-electron chi connectivity index (χ3n) is 5.16. The fourth-order valence-electron chi connectivity index (χ4n) is 3.98. The zero-order valence-corrected chi connectivity index (χ0v) is 12.4. The second-order valence-electron chi connectivity index (χ2n) is 6.64. The van der Waals surface area contributed by atoms with E-state index in [1.807, 2.05) is 11.8 Å². The normalized spacial score (nSPS) is 28.9. The lowest BCUT2D eigenvalue weighted by molar-refractivity contribution is -0.115. The summed E-state index contributed by atoms with van der Waals surface area (Å²) < 4.78 is 0. The van der Waals surface area contributed by atoms with Gasteiger partial charge in [-0.05, 0) is 31.1 Å². The minimum Gasteiger partial charge on any atom is -0.396 e. The van der Waals surface area contributed by atoms with E-state index in [-0.39, 0.29) is 12.0 Å². The van der Waals surface area contributed by atoms with Crippen molar-refractivity contribution in [1.29, 1.82) is 0 Å². The molecule has 0 aromatic rings. The molecule has 4 nitrogen and oxygen atoms in total. The van der Waals surface area contributed by atoms with E-state index < -0.39 is 0 Å². The molecule has 1 aliphatic heterocycles. The first kappa shape index (κ1) is 13.6. The lowest BCUT2D eigenvalue weighted by Crippen LogP contribution is -2.54. The van der Waals surface area contributed by atoms with Crippen LogP contribution < -0.4 is 5.73 Å². The van der Waals surface area contributed by atoms with Gasteiger partial charge in [0.1, 0.15) is 0 Å². The van der Waals surface area contributed by atoms with Gasteiger partial charge in [-0.3, -0.25) is 4.99 Å². The highest BCUT2D eigenvalue weighted by atomic mass is 32.2. The molecule has 19 heavy (non-hydrogen) atoms. The van der Waals surface area contributed by atoms with E-state index in [9.17, 15) is 5.11 Å². The molecule has 1 saturated heterocycles. The molecule has 108 valence electrons. The molecule has 0 aromatic carbocycles. The molecular weight excluding hydrogens is 258 g/mol. The molecule has 2 saturated carbocycles. The highest BCUT2D eigenvalue weighted by Crippen LogP contribution is 2.64. The Hall–Kier alpha value is -0.420. The van der Waals surface area contributed by atoms with Crippen LogP contribution in [-0.2, 0) is 0 Å². The standard InChI is InChI=1S/C14H25N3OS/c15-12(17-4-6-19-7-5-17)16-10-14(11-18)8-13(9-14)2-1-3-13/h18H,1-11H2,(H2,15,16). The number of hydrogen-bond acceptors (Lipinski definition) is 3. The van der Waals surface area contributed by atoms with Gasteiger partial charge in [-0.2, -0.15) is 11.8 Å². The molecule has 1 heterocycles. The number of aliphatic hydroxyl groups excluding tert-OH is 1. The maximum absolute atomic E-state index is 9.68. The second kappa shape index (κ2) is 5.17. The van der Waals surface area contributed by atoms with Gasteiger partial charge in [0.2, 0.25) is 0 Å². The number of guanidine groups is 1. The van der Waals surface area contributed by atoms with Crippen molar-refractivity contribution in [2.45, 2.75) is 32.1 Å². The number of hydrogen-bond donors (Lipinski definition) is 2. The summed E-state index contributed by atoms with van der Waals surface area (Å²) in [5.41, 5.74) is 6.70. The Labute approximate surface area is 119 Å². The van der Waals surface area contributed by atoms with Crippen LogP contribution in [0, 0.1) is 10.8 Å². The summed E-state index contributed by atoms with van der Waals surface area (Å²) in [5.74, 6) is 2.97. The minimum absolute atomic E-state index is 0.0373. The lowest BCUT2D eigenvalue weighted by Gasteiger charge is -2.60.